The highest BCUT2D eigenvalue weighted by molar-refractivity contribution is 7.09. The van der Waals surface area contributed by atoms with Crippen LogP contribution in [0.4, 0.5) is 0 Å². The SMILES string of the molecule is CCc1nc(CNC(=NC)N2CCN(C(=O)C3CCCO3)CC2)cs1. The second kappa shape index (κ2) is 8.62. The molecule has 1 amide bonds. The van der Waals surface area contributed by atoms with Gasteiger partial charge in [0.2, 0.25) is 0 Å². The van der Waals surface area contributed by atoms with Gasteiger partial charge in [-0.05, 0) is 19.3 Å². The third-order valence-electron chi connectivity index (χ3n) is 4.64. The molecule has 3 rings (SSSR count). The van der Waals surface area contributed by atoms with E-state index >= 15 is 0 Å². The van der Waals surface area contributed by atoms with Crippen molar-refractivity contribution >= 4 is 23.2 Å². The fourth-order valence-electron chi connectivity index (χ4n) is 3.21. The average Bonchev–Trinajstić information content (AvgIpc) is 3.34. The summed E-state index contributed by atoms with van der Waals surface area (Å²) in [5.41, 5.74) is 1.05. The number of hydrogen-bond acceptors (Lipinski definition) is 5. The van der Waals surface area contributed by atoms with Crippen molar-refractivity contribution in [3.8, 4) is 0 Å². The summed E-state index contributed by atoms with van der Waals surface area (Å²) in [7, 11) is 1.80. The number of carbonyl (C=O) groups is 1. The number of carbonyl (C=O) groups excluding carboxylic acids is 1. The third-order valence-corrected chi connectivity index (χ3v) is 5.68. The Morgan fingerprint density at radius 1 is 1.40 bits per heavy atom. The minimum atomic E-state index is -0.221. The summed E-state index contributed by atoms with van der Waals surface area (Å²) in [4.78, 5) is 25.5. The van der Waals surface area contributed by atoms with Crippen molar-refractivity contribution in [3.63, 3.8) is 0 Å². The maximum absolute atomic E-state index is 12.4. The number of aromatic nitrogens is 1. The van der Waals surface area contributed by atoms with E-state index < -0.39 is 0 Å². The molecule has 0 radical (unpaired) electrons. The molecule has 0 aromatic carbocycles. The van der Waals surface area contributed by atoms with Gasteiger partial charge in [-0.3, -0.25) is 9.79 Å². The number of guanidine groups is 1. The van der Waals surface area contributed by atoms with E-state index in [1.165, 1.54) is 0 Å². The minimum Gasteiger partial charge on any atom is -0.368 e. The summed E-state index contributed by atoms with van der Waals surface area (Å²) in [6.07, 6.45) is 2.60. The maximum Gasteiger partial charge on any atom is 0.251 e. The van der Waals surface area contributed by atoms with Crippen LogP contribution in [-0.4, -0.2) is 72.6 Å². The quantitative estimate of drug-likeness (QED) is 0.639. The zero-order chi connectivity index (χ0) is 17.6. The largest absolute Gasteiger partial charge is 0.368 e. The molecule has 25 heavy (non-hydrogen) atoms. The zero-order valence-electron chi connectivity index (χ0n) is 15.0. The first-order valence-electron chi connectivity index (χ1n) is 9.00. The number of aliphatic imine (C=N–C) groups is 1. The van der Waals surface area contributed by atoms with Gasteiger partial charge in [0.15, 0.2) is 5.96 Å². The molecule has 0 saturated carbocycles. The highest BCUT2D eigenvalue weighted by Gasteiger charge is 2.30. The average molecular weight is 366 g/mol. The van der Waals surface area contributed by atoms with Crippen LogP contribution < -0.4 is 5.32 Å². The fraction of sp³-hybridized carbons (Fsp3) is 0.706. The summed E-state index contributed by atoms with van der Waals surface area (Å²) < 4.78 is 5.52. The Morgan fingerprint density at radius 3 is 2.76 bits per heavy atom. The lowest BCUT2D eigenvalue weighted by Gasteiger charge is -2.37. The van der Waals surface area contributed by atoms with Crippen molar-refractivity contribution in [2.24, 2.45) is 4.99 Å². The first kappa shape index (κ1) is 18.1. The van der Waals surface area contributed by atoms with E-state index in [1.54, 1.807) is 18.4 Å². The van der Waals surface area contributed by atoms with Crippen LogP contribution in [0.15, 0.2) is 10.4 Å². The van der Waals surface area contributed by atoms with Gasteiger partial charge >= 0.3 is 0 Å². The molecule has 2 aliphatic heterocycles. The lowest BCUT2D eigenvalue weighted by Crippen LogP contribution is -2.55. The Kier molecular flexibility index (Phi) is 6.25. The number of piperazine rings is 1. The molecule has 1 atom stereocenters. The normalized spacial score (nSPS) is 21.7. The Hall–Kier alpha value is -1.67. The van der Waals surface area contributed by atoms with Crippen LogP contribution in [0.5, 0.6) is 0 Å². The number of nitrogens with one attached hydrogen (secondary N) is 1. The van der Waals surface area contributed by atoms with Crippen LogP contribution in [0.3, 0.4) is 0 Å². The van der Waals surface area contributed by atoms with Crippen LogP contribution >= 0.6 is 11.3 Å². The number of aryl methyl sites for hydroxylation is 1. The first-order chi connectivity index (χ1) is 12.2. The molecule has 0 spiro atoms. The fourth-order valence-corrected chi connectivity index (χ4v) is 3.95. The molecular formula is C17H27N5O2S. The van der Waals surface area contributed by atoms with Crippen LogP contribution in [0.1, 0.15) is 30.5 Å². The van der Waals surface area contributed by atoms with Gasteiger partial charge < -0.3 is 19.9 Å². The van der Waals surface area contributed by atoms with Crippen molar-refractivity contribution < 1.29 is 9.53 Å². The predicted molar refractivity (Wildman–Crippen MR) is 98.8 cm³/mol. The Labute approximate surface area is 153 Å². The molecular weight excluding hydrogens is 338 g/mol. The van der Waals surface area contributed by atoms with Crippen molar-refractivity contribution in [2.75, 3.05) is 39.8 Å². The van der Waals surface area contributed by atoms with Crippen LogP contribution in [0, 0.1) is 0 Å². The Morgan fingerprint density at radius 2 is 2.16 bits per heavy atom. The highest BCUT2D eigenvalue weighted by atomic mass is 32.1. The Balaban J connectivity index is 1.47. The van der Waals surface area contributed by atoms with E-state index in [1.807, 2.05) is 4.90 Å². The molecule has 1 N–H and O–H groups in total. The van der Waals surface area contributed by atoms with Crippen LogP contribution in [-0.2, 0) is 22.5 Å². The van der Waals surface area contributed by atoms with Gasteiger partial charge in [-0.15, -0.1) is 11.3 Å². The number of rotatable bonds is 4. The van der Waals surface area contributed by atoms with E-state index in [4.69, 9.17) is 4.74 Å². The van der Waals surface area contributed by atoms with Crippen molar-refractivity contribution in [2.45, 2.75) is 38.8 Å². The molecule has 3 heterocycles. The van der Waals surface area contributed by atoms with E-state index in [9.17, 15) is 4.79 Å². The number of amides is 1. The van der Waals surface area contributed by atoms with E-state index in [-0.39, 0.29) is 12.0 Å². The summed E-state index contributed by atoms with van der Waals surface area (Å²) in [5, 5.41) is 6.64. The van der Waals surface area contributed by atoms with E-state index in [2.05, 4.69) is 32.5 Å². The number of thiazole rings is 1. The predicted octanol–water partition coefficient (Wildman–Crippen LogP) is 1.10. The lowest BCUT2D eigenvalue weighted by molar-refractivity contribution is -0.142. The van der Waals surface area contributed by atoms with Gasteiger partial charge in [0.25, 0.3) is 5.91 Å². The molecule has 7 nitrogen and oxygen atoms in total. The van der Waals surface area contributed by atoms with Crippen LogP contribution in [0.2, 0.25) is 0 Å². The molecule has 2 fully saturated rings. The Bertz CT molecular complexity index is 604. The summed E-state index contributed by atoms with van der Waals surface area (Å²) in [6.45, 7) is 6.52. The first-order valence-corrected chi connectivity index (χ1v) is 9.88. The van der Waals surface area contributed by atoms with Crippen molar-refractivity contribution in [1.29, 1.82) is 0 Å². The minimum absolute atomic E-state index is 0.148. The molecule has 2 saturated heterocycles. The number of ether oxygens (including phenoxy) is 1. The lowest BCUT2D eigenvalue weighted by atomic mass is 10.2. The highest BCUT2D eigenvalue weighted by Crippen LogP contribution is 2.16. The molecule has 138 valence electrons. The van der Waals surface area contributed by atoms with Gasteiger partial charge in [0.1, 0.15) is 6.10 Å². The summed E-state index contributed by atoms with van der Waals surface area (Å²) in [6, 6.07) is 0. The van der Waals surface area contributed by atoms with E-state index in [0.717, 1.165) is 62.1 Å². The second-order valence-corrected chi connectivity index (χ2v) is 7.24. The second-order valence-electron chi connectivity index (χ2n) is 6.30. The van der Waals surface area contributed by atoms with Crippen molar-refractivity contribution in [1.82, 2.24) is 20.1 Å². The monoisotopic (exact) mass is 365 g/mol. The molecule has 1 aromatic heterocycles. The van der Waals surface area contributed by atoms with Gasteiger partial charge in [-0.2, -0.15) is 0 Å². The molecule has 0 bridgehead atoms. The molecule has 1 aromatic rings. The maximum atomic E-state index is 12.4. The molecule has 1 unspecified atom stereocenters. The molecule has 0 aliphatic carbocycles. The van der Waals surface area contributed by atoms with Gasteiger partial charge in [-0.25, -0.2) is 4.98 Å². The smallest absolute Gasteiger partial charge is 0.251 e. The van der Waals surface area contributed by atoms with Gasteiger partial charge in [0.05, 0.1) is 17.2 Å². The van der Waals surface area contributed by atoms with Gasteiger partial charge in [-0.1, -0.05) is 6.92 Å². The van der Waals surface area contributed by atoms with E-state index in [0.29, 0.717) is 13.2 Å². The molecule has 8 heteroatoms. The summed E-state index contributed by atoms with van der Waals surface area (Å²) >= 11 is 1.70. The topological polar surface area (TPSA) is 70.1 Å². The molecule has 2 aliphatic rings. The standard InChI is InChI=1S/C17H27N5O2S/c1-3-15-20-13(12-25-15)11-19-17(18-2)22-8-6-21(7-9-22)16(23)14-5-4-10-24-14/h12,14H,3-11H2,1-2H3,(H,18,19). The van der Waals surface area contributed by atoms with Crippen molar-refractivity contribution in [3.05, 3.63) is 16.1 Å². The number of hydrogen-bond donors (Lipinski definition) is 1. The zero-order valence-corrected chi connectivity index (χ0v) is 15.8. The third kappa shape index (κ3) is 4.49. The summed E-state index contributed by atoms with van der Waals surface area (Å²) in [5.74, 6) is 1.02. The number of nitrogens with zero attached hydrogens (tertiary/aromatic N) is 4. The van der Waals surface area contributed by atoms with Gasteiger partial charge in [0, 0.05) is 45.2 Å². The van der Waals surface area contributed by atoms with Crippen LogP contribution in [0.25, 0.3) is 0 Å².